The van der Waals surface area contributed by atoms with Crippen LogP contribution in [0.15, 0.2) is 72.8 Å². The summed E-state index contributed by atoms with van der Waals surface area (Å²) in [5.41, 5.74) is 3.28. The first kappa shape index (κ1) is 21.5. The Morgan fingerprint density at radius 1 is 1.03 bits per heavy atom. The van der Waals surface area contributed by atoms with Gasteiger partial charge in [0.05, 0.1) is 18.2 Å². The number of methoxy groups -OCH3 is 1. The Morgan fingerprint density at radius 3 is 2.40 bits per heavy atom. The standard InChI is InChI=1S/C27H28FNO/c1-4-27(5-2,22-14-16-24(30-3)17-15-22)19-9-10-21-13-18-25(28)26(20-21)29-23-11-7-6-8-12-23/h1,6-8,11-18,20,29H,5,9-10,19H2,2-3H3. The van der Waals surface area contributed by atoms with Crippen LogP contribution in [0.4, 0.5) is 15.8 Å². The second-order valence-electron chi connectivity index (χ2n) is 7.47. The van der Waals surface area contributed by atoms with Crippen LogP contribution in [-0.4, -0.2) is 7.11 Å². The Bertz CT molecular complexity index is 992. The minimum absolute atomic E-state index is 0.257. The van der Waals surface area contributed by atoms with Crippen molar-refractivity contribution in [1.82, 2.24) is 0 Å². The lowest BCUT2D eigenvalue weighted by molar-refractivity contribution is 0.413. The third-order valence-corrected chi connectivity index (χ3v) is 5.68. The Balaban J connectivity index is 1.69. The molecule has 1 atom stereocenters. The number of anilines is 2. The van der Waals surface area contributed by atoms with Gasteiger partial charge in [0.25, 0.3) is 0 Å². The zero-order valence-electron chi connectivity index (χ0n) is 17.6. The van der Waals surface area contributed by atoms with Crippen LogP contribution >= 0.6 is 0 Å². The van der Waals surface area contributed by atoms with Crippen molar-refractivity contribution >= 4 is 11.4 Å². The van der Waals surface area contributed by atoms with Crippen molar-refractivity contribution in [1.29, 1.82) is 0 Å². The van der Waals surface area contributed by atoms with E-state index >= 15 is 0 Å². The number of hydrogen-bond acceptors (Lipinski definition) is 2. The predicted molar refractivity (Wildman–Crippen MR) is 123 cm³/mol. The second-order valence-corrected chi connectivity index (χ2v) is 7.47. The van der Waals surface area contributed by atoms with Gasteiger partial charge in [-0.15, -0.1) is 6.42 Å². The van der Waals surface area contributed by atoms with E-state index in [4.69, 9.17) is 11.2 Å². The van der Waals surface area contributed by atoms with E-state index in [-0.39, 0.29) is 11.2 Å². The summed E-state index contributed by atoms with van der Waals surface area (Å²) in [4.78, 5) is 0. The van der Waals surface area contributed by atoms with Crippen molar-refractivity contribution < 1.29 is 9.13 Å². The smallest absolute Gasteiger partial charge is 0.146 e. The van der Waals surface area contributed by atoms with Gasteiger partial charge in [0.1, 0.15) is 11.6 Å². The van der Waals surface area contributed by atoms with Crippen LogP contribution in [-0.2, 0) is 11.8 Å². The van der Waals surface area contributed by atoms with Crippen LogP contribution in [0.2, 0.25) is 0 Å². The molecule has 0 radical (unpaired) electrons. The summed E-state index contributed by atoms with van der Waals surface area (Å²) in [5.74, 6) is 3.61. The number of nitrogens with one attached hydrogen (secondary N) is 1. The van der Waals surface area contributed by atoms with Crippen LogP contribution in [0.1, 0.15) is 37.3 Å². The zero-order valence-corrected chi connectivity index (χ0v) is 17.6. The third kappa shape index (κ3) is 5.02. The fraction of sp³-hybridized carbons (Fsp3) is 0.259. The number of para-hydroxylation sites is 1. The Hall–Kier alpha value is -3.25. The first-order chi connectivity index (χ1) is 14.6. The summed E-state index contributed by atoms with van der Waals surface area (Å²) in [6, 6.07) is 22.9. The van der Waals surface area contributed by atoms with E-state index in [0.29, 0.717) is 5.69 Å². The van der Waals surface area contributed by atoms with Crippen LogP contribution in [0.25, 0.3) is 0 Å². The number of aryl methyl sites for hydroxylation is 1. The minimum Gasteiger partial charge on any atom is -0.497 e. The molecule has 0 aromatic heterocycles. The zero-order chi connectivity index (χ0) is 21.4. The van der Waals surface area contributed by atoms with Crippen molar-refractivity contribution in [3.05, 3.63) is 89.7 Å². The highest BCUT2D eigenvalue weighted by Crippen LogP contribution is 2.34. The van der Waals surface area contributed by atoms with E-state index in [1.165, 1.54) is 6.07 Å². The van der Waals surface area contributed by atoms with Crippen molar-refractivity contribution in [2.45, 2.75) is 38.0 Å². The lowest BCUT2D eigenvalue weighted by atomic mass is 9.75. The second kappa shape index (κ2) is 9.98. The minimum atomic E-state index is -0.308. The number of hydrogen-bond donors (Lipinski definition) is 1. The molecule has 0 saturated heterocycles. The van der Waals surface area contributed by atoms with E-state index in [2.05, 4.69) is 30.3 Å². The maximum atomic E-state index is 14.3. The molecule has 2 nitrogen and oxygen atoms in total. The van der Waals surface area contributed by atoms with E-state index in [1.54, 1.807) is 7.11 Å². The summed E-state index contributed by atoms with van der Waals surface area (Å²) in [6.07, 6.45) is 9.47. The van der Waals surface area contributed by atoms with E-state index in [1.807, 2.05) is 54.6 Å². The first-order valence-corrected chi connectivity index (χ1v) is 10.3. The molecular weight excluding hydrogens is 373 g/mol. The van der Waals surface area contributed by atoms with Crippen molar-refractivity contribution in [2.24, 2.45) is 0 Å². The molecule has 0 saturated carbocycles. The molecule has 3 aromatic carbocycles. The van der Waals surface area contributed by atoms with E-state index < -0.39 is 0 Å². The summed E-state index contributed by atoms with van der Waals surface area (Å²) in [7, 11) is 1.66. The van der Waals surface area contributed by atoms with Gasteiger partial charge in [-0.25, -0.2) is 4.39 Å². The SMILES string of the molecule is C#CC(CC)(CCCc1ccc(F)c(Nc2ccccc2)c1)c1ccc(OC)cc1. The predicted octanol–water partition coefficient (Wildman–Crippen LogP) is 6.88. The fourth-order valence-electron chi connectivity index (χ4n) is 3.79. The largest absolute Gasteiger partial charge is 0.497 e. The van der Waals surface area contributed by atoms with Gasteiger partial charge in [-0.3, -0.25) is 0 Å². The van der Waals surface area contributed by atoms with Crippen molar-refractivity contribution in [2.75, 3.05) is 12.4 Å². The van der Waals surface area contributed by atoms with Gasteiger partial charge < -0.3 is 10.1 Å². The molecule has 1 unspecified atom stereocenters. The number of rotatable bonds is 9. The third-order valence-electron chi connectivity index (χ3n) is 5.68. The summed E-state index contributed by atoms with van der Waals surface area (Å²) in [6.45, 7) is 2.13. The molecule has 3 rings (SSSR count). The van der Waals surface area contributed by atoms with Gasteiger partial charge in [0.2, 0.25) is 0 Å². The quantitative estimate of drug-likeness (QED) is 0.395. The molecular formula is C27H28FNO. The fourth-order valence-corrected chi connectivity index (χ4v) is 3.79. The summed E-state index contributed by atoms with van der Waals surface area (Å²) < 4.78 is 19.5. The van der Waals surface area contributed by atoms with Crippen LogP contribution in [0, 0.1) is 18.2 Å². The molecule has 3 heteroatoms. The monoisotopic (exact) mass is 401 g/mol. The normalized spacial score (nSPS) is 12.6. The molecule has 30 heavy (non-hydrogen) atoms. The molecule has 0 bridgehead atoms. The summed E-state index contributed by atoms with van der Waals surface area (Å²) in [5, 5.41) is 3.16. The molecule has 0 aliphatic rings. The maximum absolute atomic E-state index is 14.3. The van der Waals surface area contributed by atoms with Gasteiger partial charge >= 0.3 is 0 Å². The molecule has 0 aliphatic heterocycles. The molecule has 0 spiro atoms. The van der Waals surface area contributed by atoms with Gasteiger partial charge in [-0.1, -0.05) is 49.2 Å². The van der Waals surface area contributed by atoms with Crippen LogP contribution in [0.5, 0.6) is 5.75 Å². The van der Waals surface area contributed by atoms with Gasteiger partial charge in [-0.2, -0.15) is 0 Å². The van der Waals surface area contributed by atoms with E-state index in [9.17, 15) is 4.39 Å². The lowest BCUT2D eigenvalue weighted by Crippen LogP contribution is -2.23. The average molecular weight is 402 g/mol. The van der Waals surface area contributed by atoms with Gasteiger partial charge in [0.15, 0.2) is 0 Å². The number of halogens is 1. The number of terminal acetylenes is 1. The molecule has 0 aliphatic carbocycles. The Kier molecular flexibility index (Phi) is 7.14. The Morgan fingerprint density at radius 2 is 1.77 bits per heavy atom. The number of ether oxygens (including phenoxy) is 1. The van der Waals surface area contributed by atoms with Crippen molar-refractivity contribution in [3.63, 3.8) is 0 Å². The molecule has 154 valence electrons. The Labute approximate surface area is 179 Å². The maximum Gasteiger partial charge on any atom is 0.146 e. The highest BCUT2D eigenvalue weighted by atomic mass is 19.1. The van der Waals surface area contributed by atoms with E-state index in [0.717, 1.165) is 48.2 Å². The molecule has 0 heterocycles. The molecule has 3 aromatic rings. The topological polar surface area (TPSA) is 21.3 Å². The highest BCUT2D eigenvalue weighted by Gasteiger charge is 2.27. The van der Waals surface area contributed by atoms with Crippen LogP contribution < -0.4 is 10.1 Å². The molecule has 0 fully saturated rings. The van der Waals surface area contributed by atoms with Gasteiger partial charge in [-0.05, 0) is 73.2 Å². The van der Waals surface area contributed by atoms with Crippen LogP contribution in [0.3, 0.4) is 0 Å². The van der Waals surface area contributed by atoms with Crippen molar-refractivity contribution in [3.8, 4) is 18.1 Å². The number of benzene rings is 3. The average Bonchev–Trinajstić information content (AvgIpc) is 2.80. The highest BCUT2D eigenvalue weighted by molar-refractivity contribution is 5.60. The summed E-state index contributed by atoms with van der Waals surface area (Å²) >= 11 is 0. The van der Waals surface area contributed by atoms with Gasteiger partial charge in [0, 0.05) is 5.69 Å². The first-order valence-electron chi connectivity index (χ1n) is 10.3. The molecule has 1 N–H and O–H groups in total. The molecule has 0 amide bonds. The lowest BCUT2D eigenvalue weighted by Gasteiger charge is -2.28.